The zero-order valence-electron chi connectivity index (χ0n) is 11.6. The summed E-state index contributed by atoms with van der Waals surface area (Å²) in [7, 11) is 2.10. The molecule has 1 aromatic carbocycles. The first-order valence-corrected chi connectivity index (χ1v) is 6.86. The van der Waals surface area contributed by atoms with Crippen LogP contribution in [0.25, 0.3) is 0 Å². The molecule has 0 saturated carbocycles. The first kappa shape index (κ1) is 13.9. The number of rotatable bonds is 3. The van der Waals surface area contributed by atoms with Gasteiger partial charge in [0.25, 0.3) is 5.91 Å². The summed E-state index contributed by atoms with van der Waals surface area (Å²) in [6.07, 6.45) is 3.58. The van der Waals surface area contributed by atoms with Gasteiger partial charge in [0.1, 0.15) is 5.75 Å². The van der Waals surface area contributed by atoms with E-state index >= 15 is 0 Å². The number of hydrogen-bond donors (Lipinski definition) is 2. The Morgan fingerprint density at radius 3 is 3.00 bits per heavy atom. The van der Waals surface area contributed by atoms with Crippen LogP contribution in [0.5, 0.6) is 5.75 Å². The Hall–Kier alpha value is -1.55. The lowest BCUT2D eigenvalue weighted by Crippen LogP contribution is -2.44. The molecule has 1 aromatic rings. The monoisotopic (exact) mass is 262 g/mol. The maximum absolute atomic E-state index is 12.1. The van der Waals surface area contributed by atoms with Crippen molar-refractivity contribution in [3.63, 3.8) is 0 Å². The van der Waals surface area contributed by atoms with Crippen LogP contribution in [-0.2, 0) is 0 Å². The van der Waals surface area contributed by atoms with E-state index < -0.39 is 0 Å². The standard InChI is InChI=1S/C15H22N2O2/c1-11-6-5-8-13(14(11)18)15(19)16-10-12-7-3-4-9-17(12)2/h5-6,8,12,18H,3-4,7,9-10H2,1-2H3,(H,16,19). The van der Waals surface area contributed by atoms with Crippen molar-refractivity contribution in [2.45, 2.75) is 32.2 Å². The topological polar surface area (TPSA) is 52.6 Å². The fourth-order valence-electron chi connectivity index (χ4n) is 2.55. The highest BCUT2D eigenvalue weighted by Gasteiger charge is 2.20. The second-order valence-corrected chi connectivity index (χ2v) is 5.31. The lowest BCUT2D eigenvalue weighted by atomic mass is 10.0. The number of nitrogens with one attached hydrogen (secondary N) is 1. The molecule has 1 amide bonds. The number of carbonyl (C=O) groups excluding carboxylic acids is 1. The normalized spacial score (nSPS) is 20.2. The van der Waals surface area contributed by atoms with Crippen molar-refractivity contribution < 1.29 is 9.90 Å². The molecule has 2 rings (SSSR count). The number of aryl methyl sites for hydroxylation is 1. The summed E-state index contributed by atoms with van der Waals surface area (Å²) in [5, 5.41) is 12.8. The van der Waals surface area contributed by atoms with Crippen LogP contribution < -0.4 is 5.32 Å². The maximum Gasteiger partial charge on any atom is 0.255 e. The van der Waals surface area contributed by atoms with Gasteiger partial charge >= 0.3 is 0 Å². The van der Waals surface area contributed by atoms with Crippen molar-refractivity contribution in [1.29, 1.82) is 0 Å². The quantitative estimate of drug-likeness (QED) is 0.875. The smallest absolute Gasteiger partial charge is 0.255 e. The van der Waals surface area contributed by atoms with E-state index in [2.05, 4.69) is 17.3 Å². The number of aromatic hydroxyl groups is 1. The molecule has 1 fully saturated rings. The molecule has 2 N–H and O–H groups in total. The van der Waals surface area contributed by atoms with E-state index in [4.69, 9.17) is 0 Å². The summed E-state index contributed by atoms with van der Waals surface area (Å²) in [6, 6.07) is 5.64. The van der Waals surface area contributed by atoms with E-state index in [0.29, 0.717) is 18.2 Å². The minimum Gasteiger partial charge on any atom is -0.507 e. The number of amides is 1. The minimum absolute atomic E-state index is 0.0806. The Balaban J connectivity index is 1.95. The highest BCUT2D eigenvalue weighted by Crippen LogP contribution is 2.21. The van der Waals surface area contributed by atoms with Gasteiger partial charge in [-0.25, -0.2) is 0 Å². The third-order valence-electron chi connectivity index (χ3n) is 3.90. The number of hydrogen-bond acceptors (Lipinski definition) is 3. The Labute approximate surface area is 114 Å². The first-order chi connectivity index (χ1) is 9.09. The molecule has 0 spiro atoms. The molecule has 1 unspecified atom stereocenters. The van der Waals surface area contributed by atoms with Crippen molar-refractivity contribution in [1.82, 2.24) is 10.2 Å². The van der Waals surface area contributed by atoms with Crippen LogP contribution in [0.3, 0.4) is 0 Å². The zero-order valence-corrected chi connectivity index (χ0v) is 11.6. The number of nitrogens with zero attached hydrogens (tertiary/aromatic N) is 1. The second-order valence-electron chi connectivity index (χ2n) is 5.31. The van der Waals surface area contributed by atoms with E-state index in [1.54, 1.807) is 25.1 Å². The Morgan fingerprint density at radius 1 is 1.47 bits per heavy atom. The van der Waals surface area contributed by atoms with Crippen molar-refractivity contribution in [3.05, 3.63) is 29.3 Å². The fraction of sp³-hybridized carbons (Fsp3) is 0.533. The van der Waals surface area contributed by atoms with Gasteiger partial charge in [-0.1, -0.05) is 18.6 Å². The van der Waals surface area contributed by atoms with Gasteiger partial charge < -0.3 is 15.3 Å². The van der Waals surface area contributed by atoms with Crippen LogP contribution in [0.4, 0.5) is 0 Å². The van der Waals surface area contributed by atoms with Gasteiger partial charge in [-0.15, -0.1) is 0 Å². The molecule has 1 aliphatic heterocycles. The number of para-hydroxylation sites is 1. The first-order valence-electron chi connectivity index (χ1n) is 6.86. The van der Waals surface area contributed by atoms with Crippen molar-refractivity contribution in [2.24, 2.45) is 0 Å². The second kappa shape index (κ2) is 6.06. The lowest BCUT2D eigenvalue weighted by molar-refractivity contribution is 0.0925. The number of piperidine rings is 1. The van der Waals surface area contributed by atoms with Gasteiger partial charge in [-0.2, -0.15) is 0 Å². The van der Waals surface area contributed by atoms with E-state index in [9.17, 15) is 9.90 Å². The van der Waals surface area contributed by atoms with E-state index in [1.165, 1.54) is 12.8 Å². The van der Waals surface area contributed by atoms with Gasteiger partial charge in [-0.3, -0.25) is 4.79 Å². The van der Waals surface area contributed by atoms with Crippen molar-refractivity contribution in [2.75, 3.05) is 20.1 Å². The van der Waals surface area contributed by atoms with Crippen LogP contribution in [0, 0.1) is 6.92 Å². The summed E-state index contributed by atoms with van der Waals surface area (Å²) < 4.78 is 0. The Morgan fingerprint density at radius 2 is 2.26 bits per heavy atom. The van der Waals surface area contributed by atoms with Crippen LogP contribution >= 0.6 is 0 Å². The number of likely N-dealkylation sites (N-methyl/N-ethyl adjacent to an activating group) is 1. The number of phenols is 1. The molecular formula is C15H22N2O2. The molecule has 4 nitrogen and oxygen atoms in total. The molecule has 104 valence electrons. The molecule has 0 bridgehead atoms. The molecule has 1 aliphatic rings. The SMILES string of the molecule is Cc1cccc(C(=O)NCC2CCCCN2C)c1O. The summed E-state index contributed by atoms with van der Waals surface area (Å²) in [5.41, 5.74) is 1.08. The molecule has 1 atom stereocenters. The van der Waals surface area contributed by atoms with Crippen LogP contribution in [-0.4, -0.2) is 42.1 Å². The third kappa shape index (κ3) is 3.26. The Kier molecular flexibility index (Phi) is 4.43. The molecule has 0 aliphatic carbocycles. The number of carbonyl (C=O) groups is 1. The third-order valence-corrected chi connectivity index (χ3v) is 3.90. The Bertz CT molecular complexity index is 459. The molecule has 1 heterocycles. The number of phenolic OH excluding ortho intramolecular Hbond substituents is 1. The van der Waals surface area contributed by atoms with Crippen molar-refractivity contribution >= 4 is 5.91 Å². The molecular weight excluding hydrogens is 240 g/mol. The maximum atomic E-state index is 12.1. The summed E-state index contributed by atoms with van der Waals surface area (Å²) in [5.74, 6) is -0.114. The van der Waals surface area contributed by atoms with Crippen LogP contribution in [0.1, 0.15) is 35.2 Å². The molecule has 0 aromatic heterocycles. The van der Waals surface area contributed by atoms with Gasteiger partial charge in [0.2, 0.25) is 0 Å². The molecule has 1 saturated heterocycles. The van der Waals surface area contributed by atoms with E-state index in [1.807, 2.05) is 0 Å². The van der Waals surface area contributed by atoms with Gasteiger partial charge in [0.15, 0.2) is 0 Å². The summed E-state index contributed by atoms with van der Waals surface area (Å²) in [4.78, 5) is 14.4. The van der Waals surface area contributed by atoms with Gasteiger partial charge in [-0.05, 0) is 45.0 Å². The number of benzene rings is 1. The highest BCUT2D eigenvalue weighted by atomic mass is 16.3. The fourth-order valence-corrected chi connectivity index (χ4v) is 2.55. The molecule has 0 radical (unpaired) electrons. The largest absolute Gasteiger partial charge is 0.507 e. The van der Waals surface area contributed by atoms with Gasteiger partial charge in [0, 0.05) is 12.6 Å². The average molecular weight is 262 g/mol. The van der Waals surface area contributed by atoms with E-state index in [0.717, 1.165) is 18.5 Å². The zero-order chi connectivity index (χ0) is 13.8. The summed E-state index contributed by atoms with van der Waals surface area (Å²) >= 11 is 0. The van der Waals surface area contributed by atoms with Crippen molar-refractivity contribution in [3.8, 4) is 5.75 Å². The predicted octanol–water partition coefficient (Wildman–Crippen LogP) is 1.91. The number of likely N-dealkylation sites (tertiary alicyclic amines) is 1. The highest BCUT2D eigenvalue weighted by molar-refractivity contribution is 5.97. The summed E-state index contributed by atoms with van der Waals surface area (Å²) in [6.45, 7) is 3.53. The average Bonchev–Trinajstić information content (AvgIpc) is 2.40. The van der Waals surface area contributed by atoms with Crippen LogP contribution in [0.15, 0.2) is 18.2 Å². The predicted molar refractivity (Wildman–Crippen MR) is 75.4 cm³/mol. The minimum atomic E-state index is -0.194. The van der Waals surface area contributed by atoms with Crippen LogP contribution in [0.2, 0.25) is 0 Å². The van der Waals surface area contributed by atoms with Gasteiger partial charge in [0.05, 0.1) is 5.56 Å². The lowest BCUT2D eigenvalue weighted by Gasteiger charge is -2.32. The molecule has 19 heavy (non-hydrogen) atoms. The molecule has 4 heteroatoms. The van der Waals surface area contributed by atoms with E-state index in [-0.39, 0.29) is 11.7 Å².